The second-order valence-electron chi connectivity index (χ2n) is 23.1. The van der Waals surface area contributed by atoms with E-state index in [0.717, 1.165) is 49.1 Å². The van der Waals surface area contributed by atoms with Gasteiger partial charge in [0.1, 0.15) is 42.7 Å². The molecule has 0 aliphatic carbocycles. The van der Waals surface area contributed by atoms with Gasteiger partial charge in [-0.2, -0.15) is 10.9 Å². The molecule has 132 heavy (non-hydrogen) atoms. The van der Waals surface area contributed by atoms with Crippen LogP contribution < -0.4 is 97.6 Å². The van der Waals surface area contributed by atoms with Crippen LogP contribution in [0.25, 0.3) is 27.6 Å². The summed E-state index contributed by atoms with van der Waals surface area (Å²) >= 11 is 43.9. The van der Waals surface area contributed by atoms with Crippen LogP contribution in [0.2, 0.25) is 10.3 Å². The van der Waals surface area contributed by atoms with Crippen molar-refractivity contribution in [2.45, 2.75) is 48.8 Å². The van der Waals surface area contributed by atoms with E-state index in [9.17, 15) is 53.8 Å². The molecule has 16 rings (SSSR count). The number of amides is 2. The Bertz CT molecular complexity index is 6670. The van der Waals surface area contributed by atoms with Gasteiger partial charge in [-0.3, -0.25) is 93.5 Å². The molecular formula is C76H77B2Br2Cl2IN26Na2O13S8. The Hall–Kier alpha value is -9.47. The molecule has 0 unspecified atom stereocenters. The number of aliphatic imine (C=N–C) groups is 1. The van der Waals surface area contributed by atoms with Gasteiger partial charge in [0.05, 0.1) is 38.5 Å². The van der Waals surface area contributed by atoms with Crippen molar-refractivity contribution in [3.8, 4) is 5.75 Å². The minimum absolute atomic E-state index is 0. The molecule has 0 saturated carbocycles. The minimum Gasteiger partial charge on any atom is -1.00 e. The van der Waals surface area contributed by atoms with Crippen LogP contribution in [0.1, 0.15) is 81.8 Å². The predicted molar refractivity (Wildman–Crippen MR) is 539 cm³/mol. The molecule has 0 spiro atoms. The first-order valence-corrected chi connectivity index (χ1v) is 45.9. The van der Waals surface area contributed by atoms with Crippen LogP contribution >= 0.6 is 174 Å². The number of hydrogen-bond acceptors (Lipinski definition) is 31. The standard InChI is InChI=1S/C14H13N3O2S.C8H5NOS.C7H5BrClN3S.C7H6BrN3S.C7H6ClN3S.C7H7N3OS.C6H5N3O5.C6H5N3OS.C6H8N2O.C6H7NO.CH3I.CH4.BHNS.B.2Na.H2O.H/c1-10(18)12-8-5-9-17(12)16-14(20)15-13(19)11-6-3-2-4-7-11;10-8(9-6-11)7-4-2-1-3-5-7;1-13-7-10-6(9)4-2-3-5(8)12(4)11-7;1-12-7-9-4-5-2-3-6(8)11(5)10-7;1-12-7-9-6(8)5-3-2-4-11(5)10-7;1-12-7-8-6(11)5-3-2-4-10(5)9-7;7-14-6-2-1-4(8(10)11)3-5(6)9(12)13;10-5-4-2-1-3-9(4)8-6(11)7-5;1-5(9)6-3-2-4-8(6)7;1-5(8)6-3-2-4-7-6;1-2;;1-2-3;;;;;/h2-9H,1H3,(H2,15,16,19,20);1-5H;2-3H,1H3;2*2-4H,1H3;2-4H,1H3,(H,8,9,11);1-3H,7H2;1-3H,(H2,7,8,10,11);2-4H,7H2,1H3;2-4,7H,1H3;1H3;1H4;3H;;;;1H2;/q;;;;;;;;;;;;;;2*+1;;-1/p-1. The number of carbonyl (C=O) groups excluding carboxylic acids is 5. The minimum atomic E-state index is -0.810. The Labute approximate surface area is 879 Å². The number of hydrogen-bond donors (Lipinski definition) is 9. The van der Waals surface area contributed by atoms with Crippen molar-refractivity contribution >= 4 is 269 Å². The number of aromatic amines is 4. The van der Waals surface area contributed by atoms with Gasteiger partial charge >= 0.3 is 89.6 Å². The number of rotatable bonds is 13. The molecule has 0 fully saturated rings. The molecule has 16 aromatic rings. The zero-order chi connectivity index (χ0) is 93.8. The fourth-order valence-corrected chi connectivity index (χ4v) is 12.6. The number of nitro benzene ring substituents is 2. The third-order valence-electron chi connectivity index (χ3n) is 15.0. The molecule has 39 nitrogen and oxygen atoms in total. The SMILES string of the molecule is C.CC(=O)c1ccc[nH]1.CC(=O)c1cccn1N.CC(=O)c1cccn1NC(=S)NC(=O)c1ccccc1.CI.CSc1nc(Cl)c2ccc(Br)n2n1.CSc1nc(Cl)c2cccn2n1.CSc1ncc2ccc(Br)n2n1.CSc1nn2cccc2c(=O)[nH]1.NOc1ccc([N+](=O)[O-])cc1[N+](=O)[O-].O=C(N=C=S)c1ccccc1.O=c1[nH]c(=S)[nH]n2cccc12.[B].[B]=NS.[H-].[Na+].[Na+].[OH-]. The third kappa shape index (κ3) is 39.6. The van der Waals surface area contributed by atoms with E-state index < -0.39 is 21.2 Å². The van der Waals surface area contributed by atoms with Crippen molar-refractivity contribution in [2.75, 3.05) is 41.2 Å². The summed E-state index contributed by atoms with van der Waals surface area (Å²) in [5.74, 6) is 9.17. The average molecular weight is 2240 g/mol. The summed E-state index contributed by atoms with van der Waals surface area (Å²) in [7, 11) is 4.34. The van der Waals surface area contributed by atoms with Gasteiger partial charge in [-0.15, -0.1) is 20.4 Å². The molecule has 2 amide bonds. The number of thiol groups is 1. The Balaban J connectivity index is 0. The van der Waals surface area contributed by atoms with Crippen molar-refractivity contribution in [3.63, 3.8) is 0 Å². The summed E-state index contributed by atoms with van der Waals surface area (Å²) in [6.07, 6.45) is 19.8. The van der Waals surface area contributed by atoms with Gasteiger partial charge < -0.3 is 22.6 Å². The fraction of sp³-hybridized carbons (Fsp3) is 0.118. The van der Waals surface area contributed by atoms with Gasteiger partial charge in [-0.05, 0) is 226 Å². The largest absolute Gasteiger partial charge is 1.00 e. The van der Waals surface area contributed by atoms with Gasteiger partial charge in [0, 0.05) is 83.6 Å². The predicted octanol–water partition coefficient (Wildman–Crippen LogP) is 10.3. The molecule has 0 aliphatic heterocycles. The number of halogens is 5. The summed E-state index contributed by atoms with van der Waals surface area (Å²) in [4.78, 5) is 127. The van der Waals surface area contributed by atoms with E-state index in [2.05, 4.69) is 167 Å². The van der Waals surface area contributed by atoms with Crippen LogP contribution in [0.4, 0.5) is 11.4 Å². The van der Waals surface area contributed by atoms with Crippen LogP contribution in [-0.4, -0.2) is 188 Å². The first kappa shape index (κ1) is 123. The van der Waals surface area contributed by atoms with Crippen LogP contribution in [0, 0.1) is 25.0 Å². The number of aromatic nitrogens is 18. The molecule has 13 aromatic heterocycles. The number of carbonyl (C=O) groups is 5. The van der Waals surface area contributed by atoms with Crippen molar-refractivity contribution < 1.29 is 105 Å². The zero-order valence-corrected chi connectivity index (χ0v) is 87.6. The zero-order valence-electron chi connectivity index (χ0n) is 71.2. The van der Waals surface area contributed by atoms with Crippen LogP contribution in [-0.2, 0) is 0 Å². The van der Waals surface area contributed by atoms with E-state index in [-0.39, 0.29) is 133 Å². The number of thioether (sulfide) groups is 4. The van der Waals surface area contributed by atoms with E-state index in [1.165, 1.54) is 77.2 Å². The molecule has 11 N–H and O–H groups in total. The Morgan fingerprint density at radius 3 is 1.70 bits per heavy atom. The number of non-ortho nitro benzene ring substituents is 1. The van der Waals surface area contributed by atoms with E-state index >= 15 is 0 Å². The van der Waals surface area contributed by atoms with E-state index in [4.69, 9.17) is 59.4 Å². The molecule has 56 heteroatoms. The molecule has 3 aromatic carbocycles. The van der Waals surface area contributed by atoms with Crippen LogP contribution in [0.5, 0.6) is 5.75 Å². The smallest absolute Gasteiger partial charge is 1.00 e. The molecule has 4 radical (unpaired) electrons. The summed E-state index contributed by atoms with van der Waals surface area (Å²) in [6, 6.07) is 49.2. The number of alkyl halides is 1. The first-order chi connectivity index (χ1) is 60.8. The number of nitrogens with two attached hydrogens (primary N) is 2. The number of nitrogens with zero attached hydrogens (tertiary/aromatic N) is 18. The average Bonchev–Trinajstić information content (AvgIpc) is 1.66. The molecule has 0 aliphatic rings. The van der Waals surface area contributed by atoms with Gasteiger partial charge in [0.25, 0.3) is 28.6 Å². The van der Waals surface area contributed by atoms with Crippen molar-refractivity contribution in [2.24, 2.45) is 15.2 Å². The van der Waals surface area contributed by atoms with E-state index in [0.29, 0.717) is 69.8 Å². The number of thiocarbonyl (C=S) groups is 2. The quantitative estimate of drug-likeness (QED) is 0.00442. The molecular weight excluding hydrogens is 2170 g/mol. The van der Waals surface area contributed by atoms with Gasteiger partial charge in [-0.1, -0.05) is 137 Å². The third-order valence-corrected chi connectivity index (χ3v) is 19.4. The van der Waals surface area contributed by atoms with Crippen molar-refractivity contribution in [1.82, 2.24) is 92.6 Å². The number of nitrogens with one attached hydrogen (secondary N) is 6. The monoisotopic (exact) mass is 2240 g/mol. The maximum Gasteiger partial charge on any atom is 1.00 e. The number of benzene rings is 3. The number of ketones is 3. The number of H-pyrrole nitrogens is 4. The number of fused-ring (bicyclic) bond motifs is 5. The maximum absolute atomic E-state index is 11.9. The number of nitrogen functional groups attached to an aromatic ring is 1. The normalized spacial score (nSPS) is 9.44. The Kier molecular flexibility index (Phi) is 60.5. The fourth-order valence-electron chi connectivity index (χ4n) is 9.35. The summed E-state index contributed by atoms with van der Waals surface area (Å²) in [5, 5.41) is 48.8. The first-order valence-electron chi connectivity index (χ1n) is 34.9. The number of nitro groups is 2. The van der Waals surface area contributed by atoms with Crippen molar-refractivity contribution in [3.05, 3.63) is 313 Å². The molecule has 680 valence electrons. The number of isothiocyanates is 1. The summed E-state index contributed by atoms with van der Waals surface area (Å²) in [5.41, 5.74) is 8.08. The maximum atomic E-state index is 11.9. The van der Waals surface area contributed by atoms with Crippen LogP contribution in [0.3, 0.4) is 0 Å². The van der Waals surface area contributed by atoms with Gasteiger partial charge in [-0.25, -0.2) is 33.0 Å². The molecule has 13 heterocycles. The van der Waals surface area contributed by atoms with Crippen LogP contribution in [0.15, 0.2) is 268 Å². The summed E-state index contributed by atoms with van der Waals surface area (Å²) in [6.45, 7) is 4.48. The molecule has 0 saturated heterocycles. The second kappa shape index (κ2) is 65.2. The van der Waals surface area contributed by atoms with Gasteiger partial charge in [0.2, 0.25) is 21.2 Å². The van der Waals surface area contributed by atoms with E-state index in [1.807, 2.05) is 101 Å². The Morgan fingerprint density at radius 2 is 1.17 bits per heavy atom. The molecule has 0 bridgehead atoms. The summed E-state index contributed by atoms with van der Waals surface area (Å²) < 4.78 is 16.1. The number of Topliss-reactive ketones (excluding diaryl/α,β-unsaturated/α-hetero) is 3. The van der Waals surface area contributed by atoms with Crippen molar-refractivity contribution in [1.29, 1.82) is 0 Å². The second-order valence-corrected chi connectivity index (χ2v) is 29.8. The topological polar surface area (TPSA) is 531 Å². The van der Waals surface area contributed by atoms with Gasteiger partial charge in [0.15, 0.2) is 42.7 Å². The molecule has 0 atom stereocenters. The van der Waals surface area contributed by atoms with E-state index in [1.54, 1.807) is 158 Å². The Morgan fingerprint density at radius 1 is 0.652 bits per heavy atom.